The zero-order valence-electron chi connectivity index (χ0n) is 39.3. The SMILES string of the molecule is CC(=O)c1ccc(F)c(Br)c1.C[C@H](O)c1ccc(F)c(Br)c1.C[C@H](O[Si](C)(C)C(C)(C)C)c1ccc(F)c(Br)c1.C[C@H](O[Si](C)(C)C(C)(C)C)c1ccc(F)c(N2CCNCC2)c1. The molecule has 4 aromatic rings. The molecule has 1 aliphatic rings. The molecule has 1 aliphatic heterocycles. The van der Waals surface area contributed by atoms with Gasteiger partial charge in [-0.05, 0) is 183 Å². The Kier molecular flexibility index (Phi) is 22.2. The van der Waals surface area contributed by atoms with E-state index in [4.69, 9.17) is 14.0 Å². The number of carbonyl (C=O) groups is 1. The van der Waals surface area contributed by atoms with Gasteiger partial charge < -0.3 is 24.2 Å². The number of halogens is 7. The van der Waals surface area contributed by atoms with Crippen LogP contribution in [0.15, 0.2) is 86.2 Å². The minimum absolute atomic E-state index is 0.0113. The number of benzene rings is 4. The number of nitrogens with one attached hydrogen (secondary N) is 1. The maximum atomic E-state index is 14.3. The molecule has 6 nitrogen and oxygen atoms in total. The van der Waals surface area contributed by atoms with E-state index >= 15 is 0 Å². The number of rotatable bonds is 9. The van der Waals surface area contributed by atoms with Crippen molar-refractivity contribution in [1.29, 1.82) is 0 Å². The van der Waals surface area contributed by atoms with Gasteiger partial charge in [0.1, 0.15) is 23.3 Å². The Labute approximate surface area is 401 Å². The van der Waals surface area contributed by atoms with Gasteiger partial charge in [-0.15, -0.1) is 0 Å². The number of ketones is 1. The van der Waals surface area contributed by atoms with E-state index in [9.17, 15) is 22.4 Å². The standard InChI is InChI=1S/C18H31FN2OSi.C14H22BrFOSi.C8H8BrFO.C8H6BrFO/c1-14(22-23(5,6)18(2,3)4)15-7-8-16(19)17(13-15)21-11-9-20-10-12-21;1-10(17-18(5,6)14(2,3)4)11-7-8-13(16)12(15)9-11;2*1-5(11)6-2-3-8(10)7(9)4-6/h7-8,13-14,20H,9-12H2,1-6H3;7-10H,1-6H3;2-5,11H,1H3;2-4H,1H3/t14-;10-;5-;/m000./s1. The summed E-state index contributed by atoms with van der Waals surface area (Å²) in [7, 11) is -3.63. The van der Waals surface area contributed by atoms with Crippen LogP contribution in [0.25, 0.3) is 0 Å². The summed E-state index contributed by atoms with van der Waals surface area (Å²) in [5.74, 6) is -1.11. The molecule has 0 spiro atoms. The number of hydrogen-bond acceptors (Lipinski definition) is 6. The molecule has 1 saturated heterocycles. The molecule has 15 heteroatoms. The third kappa shape index (κ3) is 17.8. The topological polar surface area (TPSA) is 71.0 Å². The molecule has 0 aliphatic carbocycles. The average molecular weight is 1110 g/mol. The van der Waals surface area contributed by atoms with Crippen molar-refractivity contribution in [3.63, 3.8) is 0 Å². The molecule has 0 unspecified atom stereocenters. The van der Waals surface area contributed by atoms with Gasteiger partial charge in [0, 0.05) is 31.7 Å². The predicted molar refractivity (Wildman–Crippen MR) is 268 cm³/mol. The number of piperazine rings is 1. The molecule has 63 heavy (non-hydrogen) atoms. The van der Waals surface area contributed by atoms with Gasteiger partial charge in [-0.25, -0.2) is 17.6 Å². The highest BCUT2D eigenvalue weighted by Crippen LogP contribution is 2.41. The fraction of sp³-hybridized carbons (Fsp3) is 0.479. The van der Waals surface area contributed by atoms with Crippen LogP contribution < -0.4 is 10.2 Å². The second kappa shape index (κ2) is 24.5. The minimum atomic E-state index is -1.84. The second-order valence-corrected chi connectivity index (χ2v) is 30.8. The maximum Gasteiger partial charge on any atom is 0.192 e. The third-order valence-corrected chi connectivity index (χ3v) is 22.6. The average Bonchev–Trinajstić information content (AvgIpc) is 3.18. The van der Waals surface area contributed by atoms with Crippen molar-refractivity contribution in [2.45, 2.75) is 124 Å². The number of nitrogens with zero attached hydrogens (tertiary/aromatic N) is 1. The summed E-state index contributed by atoms with van der Waals surface area (Å²) in [5, 5.41) is 12.7. The van der Waals surface area contributed by atoms with Gasteiger partial charge in [0.25, 0.3) is 0 Å². The fourth-order valence-corrected chi connectivity index (χ4v) is 9.48. The van der Waals surface area contributed by atoms with Gasteiger partial charge in [-0.3, -0.25) is 4.79 Å². The van der Waals surface area contributed by atoms with Crippen LogP contribution in [-0.4, -0.2) is 53.7 Å². The molecule has 3 atom stereocenters. The van der Waals surface area contributed by atoms with E-state index in [1.54, 1.807) is 37.3 Å². The van der Waals surface area contributed by atoms with Crippen LogP contribution in [-0.2, 0) is 8.85 Å². The summed E-state index contributed by atoms with van der Waals surface area (Å²) in [4.78, 5) is 12.9. The Morgan fingerprint density at radius 1 is 0.635 bits per heavy atom. The van der Waals surface area contributed by atoms with Crippen LogP contribution in [0.3, 0.4) is 0 Å². The Hall–Kier alpha value is -2.22. The first-order chi connectivity index (χ1) is 28.9. The molecule has 5 rings (SSSR count). The number of hydrogen-bond donors (Lipinski definition) is 2. The second-order valence-electron chi connectivity index (χ2n) is 18.7. The normalized spacial score (nSPS) is 14.8. The summed E-state index contributed by atoms with van der Waals surface area (Å²) in [6.07, 6.45) is -0.576. The first kappa shape index (κ1) is 56.9. The van der Waals surface area contributed by atoms with Crippen molar-refractivity contribution < 1.29 is 36.3 Å². The van der Waals surface area contributed by atoms with E-state index in [2.05, 4.69) is 133 Å². The van der Waals surface area contributed by atoms with Crippen LogP contribution >= 0.6 is 47.8 Å². The highest BCUT2D eigenvalue weighted by atomic mass is 79.9. The van der Waals surface area contributed by atoms with Crippen molar-refractivity contribution in [2.75, 3.05) is 31.1 Å². The monoisotopic (exact) mass is 1100 g/mol. The molecule has 0 saturated carbocycles. The molecule has 0 aromatic heterocycles. The summed E-state index contributed by atoms with van der Waals surface area (Å²) < 4.78 is 66.6. The molecule has 1 fully saturated rings. The molecule has 350 valence electrons. The van der Waals surface area contributed by atoms with Gasteiger partial charge in [0.05, 0.1) is 37.4 Å². The molecule has 0 radical (unpaired) electrons. The number of Topliss-reactive ketones (excluding diaryl/α,β-unsaturated/α-hetero) is 1. The van der Waals surface area contributed by atoms with E-state index in [0.29, 0.717) is 30.2 Å². The smallest absolute Gasteiger partial charge is 0.192 e. The van der Waals surface area contributed by atoms with Gasteiger partial charge in [-0.1, -0.05) is 59.7 Å². The lowest BCUT2D eigenvalue weighted by atomic mass is 10.1. The van der Waals surface area contributed by atoms with E-state index in [1.165, 1.54) is 37.3 Å². The lowest BCUT2D eigenvalue weighted by molar-refractivity contribution is 0.101. The van der Waals surface area contributed by atoms with Gasteiger partial charge >= 0.3 is 0 Å². The first-order valence-electron chi connectivity index (χ1n) is 21.0. The van der Waals surface area contributed by atoms with Crippen LogP contribution in [0, 0.1) is 23.3 Å². The number of anilines is 1. The zero-order valence-corrected chi connectivity index (χ0v) is 46.0. The maximum absolute atomic E-state index is 14.3. The predicted octanol–water partition coefficient (Wildman–Crippen LogP) is 15.4. The molecule has 4 aromatic carbocycles. The van der Waals surface area contributed by atoms with Crippen molar-refractivity contribution in [1.82, 2.24) is 5.32 Å². The lowest BCUT2D eigenvalue weighted by Crippen LogP contribution is -2.44. The number of carbonyl (C=O) groups excluding carboxylic acids is 1. The van der Waals surface area contributed by atoms with Crippen molar-refractivity contribution in [2.24, 2.45) is 0 Å². The molecule has 0 amide bonds. The highest BCUT2D eigenvalue weighted by Gasteiger charge is 2.39. The van der Waals surface area contributed by atoms with E-state index < -0.39 is 22.7 Å². The minimum Gasteiger partial charge on any atom is -0.410 e. The molecule has 0 bridgehead atoms. The summed E-state index contributed by atoms with van der Waals surface area (Å²) >= 11 is 9.23. The van der Waals surface area contributed by atoms with Gasteiger partial charge in [0.15, 0.2) is 22.4 Å². The quantitative estimate of drug-likeness (QED) is 0.0989. The van der Waals surface area contributed by atoms with Crippen molar-refractivity contribution in [3.05, 3.63) is 132 Å². The third-order valence-electron chi connectivity index (χ3n) is 11.6. The Bertz CT molecular complexity index is 2110. The summed E-state index contributed by atoms with van der Waals surface area (Å²) in [5.41, 5.74) is 3.99. The molecule has 1 heterocycles. The Balaban J connectivity index is 0.000000304. The van der Waals surface area contributed by atoms with Gasteiger partial charge in [0.2, 0.25) is 0 Å². The fourth-order valence-electron chi connectivity index (χ4n) is 5.56. The summed E-state index contributed by atoms with van der Waals surface area (Å²) in [6, 6.07) is 19.1. The number of aliphatic hydroxyl groups excluding tert-OH is 1. The summed E-state index contributed by atoms with van der Waals surface area (Å²) in [6.45, 7) is 33.0. The van der Waals surface area contributed by atoms with Crippen LogP contribution in [0.1, 0.15) is 115 Å². The van der Waals surface area contributed by atoms with Crippen molar-refractivity contribution in [3.8, 4) is 0 Å². The van der Waals surface area contributed by atoms with E-state index in [-0.39, 0.29) is 51.3 Å². The van der Waals surface area contributed by atoms with Gasteiger partial charge in [-0.2, -0.15) is 0 Å². The Morgan fingerprint density at radius 2 is 1.00 bits per heavy atom. The lowest BCUT2D eigenvalue weighted by Gasteiger charge is -2.38. The largest absolute Gasteiger partial charge is 0.410 e. The van der Waals surface area contributed by atoms with Crippen molar-refractivity contribution >= 4 is 75.9 Å². The Morgan fingerprint density at radius 3 is 1.38 bits per heavy atom. The first-order valence-corrected chi connectivity index (χ1v) is 29.2. The van der Waals surface area contributed by atoms with E-state index in [0.717, 1.165) is 37.3 Å². The molecular weight excluding hydrogens is 1040 g/mol. The highest BCUT2D eigenvalue weighted by molar-refractivity contribution is 9.11. The van der Waals surface area contributed by atoms with E-state index in [1.807, 2.05) is 19.1 Å². The molecular formula is C48H67Br3F4N2O4Si2. The molecule has 2 N–H and O–H groups in total. The van der Waals surface area contributed by atoms with Crippen LogP contribution in [0.2, 0.25) is 36.3 Å². The number of aliphatic hydroxyl groups is 1. The zero-order chi connectivity index (χ0) is 48.2. The van der Waals surface area contributed by atoms with Crippen LogP contribution in [0.4, 0.5) is 23.2 Å². The van der Waals surface area contributed by atoms with Crippen LogP contribution in [0.5, 0.6) is 0 Å².